The first-order valence-electron chi connectivity index (χ1n) is 7.58. The third-order valence-electron chi connectivity index (χ3n) is 3.54. The van der Waals surface area contributed by atoms with Crippen molar-refractivity contribution in [3.63, 3.8) is 0 Å². The summed E-state index contributed by atoms with van der Waals surface area (Å²) in [4.78, 5) is 35.5. The van der Waals surface area contributed by atoms with Crippen molar-refractivity contribution in [1.82, 2.24) is 5.43 Å². The Balaban J connectivity index is 1.83. The predicted molar refractivity (Wildman–Crippen MR) is 98.9 cm³/mol. The summed E-state index contributed by atoms with van der Waals surface area (Å²) in [6.07, 6.45) is 1.49. The number of halogens is 1. The molecule has 8 heteroatoms. The number of para-hydroxylation sites is 1. The van der Waals surface area contributed by atoms with E-state index in [-0.39, 0.29) is 12.2 Å². The molecule has 3 amide bonds. The largest absolute Gasteiger partial charge is 0.483 e. The van der Waals surface area contributed by atoms with Gasteiger partial charge in [0.2, 0.25) is 0 Å². The quantitative estimate of drug-likeness (QED) is 0.573. The predicted octanol–water partition coefficient (Wildman–Crippen LogP) is 1.77. The summed E-state index contributed by atoms with van der Waals surface area (Å²) in [7, 11) is 0. The Labute approximate surface area is 157 Å². The van der Waals surface area contributed by atoms with E-state index in [0.29, 0.717) is 21.5 Å². The number of amides is 3. The van der Waals surface area contributed by atoms with Gasteiger partial charge >= 0.3 is 0 Å². The van der Waals surface area contributed by atoms with E-state index < -0.39 is 17.7 Å². The summed E-state index contributed by atoms with van der Waals surface area (Å²) in [5, 5.41) is 1.20. The zero-order valence-corrected chi connectivity index (χ0v) is 15.0. The van der Waals surface area contributed by atoms with Crippen LogP contribution < -0.4 is 20.9 Å². The van der Waals surface area contributed by atoms with Crippen LogP contribution in [-0.2, 0) is 14.4 Å². The van der Waals surface area contributed by atoms with Gasteiger partial charge in [-0.1, -0.05) is 24.3 Å². The van der Waals surface area contributed by atoms with Gasteiger partial charge < -0.3 is 10.5 Å². The van der Waals surface area contributed by atoms with E-state index in [9.17, 15) is 14.4 Å². The van der Waals surface area contributed by atoms with Gasteiger partial charge in [0.05, 0.1) is 10.2 Å². The first kappa shape index (κ1) is 17.7. The number of anilines is 1. The molecule has 0 radical (unpaired) electrons. The van der Waals surface area contributed by atoms with E-state index in [1.165, 1.54) is 11.1 Å². The summed E-state index contributed by atoms with van der Waals surface area (Å²) in [6.45, 7) is -0.244. The van der Waals surface area contributed by atoms with Crippen LogP contribution >= 0.6 is 15.9 Å². The Bertz CT molecular complexity index is 912. The Morgan fingerprint density at radius 3 is 2.58 bits per heavy atom. The molecular formula is C18H14BrN3O4. The zero-order chi connectivity index (χ0) is 18.7. The first-order chi connectivity index (χ1) is 12.5. The second-order valence-electron chi connectivity index (χ2n) is 5.42. The van der Waals surface area contributed by atoms with Crippen molar-refractivity contribution in [2.24, 2.45) is 5.73 Å². The number of nitrogens with one attached hydrogen (secondary N) is 1. The van der Waals surface area contributed by atoms with E-state index in [0.717, 1.165) is 0 Å². The zero-order valence-electron chi connectivity index (χ0n) is 13.4. The van der Waals surface area contributed by atoms with Crippen molar-refractivity contribution in [2.75, 3.05) is 11.6 Å². The Morgan fingerprint density at radius 1 is 1.19 bits per heavy atom. The molecule has 2 aromatic carbocycles. The third-order valence-corrected chi connectivity index (χ3v) is 4.16. The molecule has 1 aliphatic heterocycles. The monoisotopic (exact) mass is 415 g/mol. The minimum atomic E-state index is -0.586. The summed E-state index contributed by atoms with van der Waals surface area (Å²) in [6, 6.07) is 13.8. The number of ether oxygens (including phenoxy) is 1. The SMILES string of the molecule is NC(=O)COc1ccc(/C=C2/C(=O)NN(c3ccccc3)C2=O)cc1Br. The molecular weight excluding hydrogens is 402 g/mol. The van der Waals surface area contributed by atoms with Crippen LogP contribution in [0.4, 0.5) is 5.69 Å². The summed E-state index contributed by atoms with van der Waals surface area (Å²) >= 11 is 3.32. The molecule has 1 aliphatic rings. The number of nitrogens with zero attached hydrogens (tertiary/aromatic N) is 1. The third kappa shape index (κ3) is 3.75. The molecule has 1 heterocycles. The topological polar surface area (TPSA) is 102 Å². The number of primary amides is 1. The number of carbonyl (C=O) groups is 3. The van der Waals surface area contributed by atoms with Gasteiger partial charge in [-0.2, -0.15) is 0 Å². The molecule has 0 atom stereocenters. The van der Waals surface area contributed by atoms with Crippen molar-refractivity contribution in [2.45, 2.75) is 0 Å². The maximum Gasteiger partial charge on any atom is 0.282 e. The van der Waals surface area contributed by atoms with E-state index in [1.807, 2.05) is 6.07 Å². The van der Waals surface area contributed by atoms with Crippen molar-refractivity contribution < 1.29 is 19.1 Å². The highest BCUT2D eigenvalue weighted by Gasteiger charge is 2.34. The van der Waals surface area contributed by atoms with Crippen molar-refractivity contribution in [3.8, 4) is 5.75 Å². The van der Waals surface area contributed by atoms with E-state index >= 15 is 0 Å². The van der Waals surface area contributed by atoms with Gasteiger partial charge in [-0.05, 0) is 51.8 Å². The molecule has 1 fully saturated rings. The van der Waals surface area contributed by atoms with Crippen molar-refractivity contribution >= 4 is 45.4 Å². The second kappa shape index (κ2) is 7.40. The van der Waals surface area contributed by atoms with Gasteiger partial charge in [-0.3, -0.25) is 19.8 Å². The van der Waals surface area contributed by atoms with Crippen LogP contribution in [0.1, 0.15) is 5.56 Å². The minimum absolute atomic E-state index is 0.0200. The number of carbonyl (C=O) groups excluding carboxylic acids is 3. The van der Waals surface area contributed by atoms with Crippen LogP contribution in [0.3, 0.4) is 0 Å². The highest BCUT2D eigenvalue weighted by Crippen LogP contribution is 2.28. The molecule has 132 valence electrons. The number of rotatable bonds is 5. The van der Waals surface area contributed by atoms with Crippen LogP contribution in [0.2, 0.25) is 0 Å². The van der Waals surface area contributed by atoms with Crippen LogP contribution in [-0.4, -0.2) is 24.3 Å². The number of hydrazine groups is 1. The highest BCUT2D eigenvalue weighted by molar-refractivity contribution is 9.10. The van der Waals surface area contributed by atoms with Crippen molar-refractivity contribution in [3.05, 3.63) is 64.1 Å². The number of nitrogens with two attached hydrogens (primary N) is 1. The summed E-state index contributed by atoms with van der Waals surface area (Å²) < 4.78 is 5.81. The number of benzene rings is 2. The van der Waals surface area contributed by atoms with E-state index in [4.69, 9.17) is 10.5 Å². The molecule has 0 aromatic heterocycles. The number of hydrogen-bond donors (Lipinski definition) is 2. The van der Waals surface area contributed by atoms with E-state index in [2.05, 4.69) is 21.4 Å². The maximum absolute atomic E-state index is 12.5. The first-order valence-corrected chi connectivity index (χ1v) is 8.38. The molecule has 0 saturated carbocycles. The van der Waals surface area contributed by atoms with Gasteiger partial charge in [0.25, 0.3) is 17.7 Å². The lowest BCUT2D eigenvalue weighted by Gasteiger charge is -2.13. The fourth-order valence-corrected chi connectivity index (χ4v) is 2.87. The fourth-order valence-electron chi connectivity index (χ4n) is 2.36. The molecule has 0 bridgehead atoms. The highest BCUT2D eigenvalue weighted by atomic mass is 79.9. The van der Waals surface area contributed by atoms with Crippen LogP contribution in [0.5, 0.6) is 5.75 Å². The van der Waals surface area contributed by atoms with Crippen LogP contribution in [0, 0.1) is 0 Å². The molecule has 0 aliphatic carbocycles. The van der Waals surface area contributed by atoms with Gasteiger partial charge in [0.15, 0.2) is 6.61 Å². The normalized spacial score (nSPS) is 15.3. The maximum atomic E-state index is 12.5. The standard InChI is InChI=1S/C18H14BrN3O4/c19-14-9-11(6-7-15(14)26-10-16(20)23)8-13-17(24)21-22(18(13)25)12-4-2-1-3-5-12/h1-9H,10H2,(H2,20,23)(H,21,24)/b13-8-. The molecule has 0 spiro atoms. The summed E-state index contributed by atoms with van der Waals surface area (Å²) in [5.74, 6) is -1.08. The molecule has 3 N–H and O–H groups in total. The van der Waals surface area contributed by atoms with Gasteiger partial charge in [-0.15, -0.1) is 0 Å². The van der Waals surface area contributed by atoms with Crippen LogP contribution in [0.15, 0.2) is 58.6 Å². The Morgan fingerprint density at radius 2 is 1.92 bits per heavy atom. The smallest absolute Gasteiger partial charge is 0.282 e. The molecule has 2 aromatic rings. The fraction of sp³-hybridized carbons (Fsp3) is 0.0556. The Kier molecular flexibility index (Phi) is 5.04. The molecule has 1 saturated heterocycles. The molecule has 0 unspecified atom stereocenters. The lowest BCUT2D eigenvalue weighted by atomic mass is 10.1. The molecule has 3 rings (SSSR count). The van der Waals surface area contributed by atoms with Gasteiger partial charge in [0, 0.05) is 0 Å². The van der Waals surface area contributed by atoms with Crippen LogP contribution in [0.25, 0.3) is 6.08 Å². The lowest BCUT2D eigenvalue weighted by Crippen LogP contribution is -2.35. The second-order valence-corrected chi connectivity index (χ2v) is 6.27. The molecule has 7 nitrogen and oxygen atoms in total. The average molecular weight is 416 g/mol. The van der Waals surface area contributed by atoms with Gasteiger partial charge in [0.1, 0.15) is 11.3 Å². The lowest BCUT2D eigenvalue weighted by molar-refractivity contribution is -0.120. The molecule has 26 heavy (non-hydrogen) atoms. The Hall–Kier alpha value is -3.13. The van der Waals surface area contributed by atoms with E-state index in [1.54, 1.807) is 42.5 Å². The van der Waals surface area contributed by atoms with Crippen molar-refractivity contribution in [1.29, 1.82) is 0 Å². The average Bonchev–Trinajstić information content (AvgIpc) is 2.90. The minimum Gasteiger partial charge on any atom is -0.483 e. The van der Waals surface area contributed by atoms with Gasteiger partial charge in [-0.25, -0.2) is 5.01 Å². The number of hydrogen-bond acceptors (Lipinski definition) is 4. The summed E-state index contributed by atoms with van der Waals surface area (Å²) in [5.41, 5.74) is 8.80.